The molecular weight excluding hydrogens is 558 g/mol. The molecule has 0 saturated heterocycles. The van der Waals surface area contributed by atoms with Crippen LogP contribution in [0.1, 0.15) is 23.6 Å². The van der Waals surface area contributed by atoms with Gasteiger partial charge in [0.25, 0.3) is 0 Å². The van der Waals surface area contributed by atoms with Gasteiger partial charge in [-0.25, -0.2) is 0 Å². The highest BCUT2D eigenvalue weighted by atomic mass is 16.6. The Hall–Kier alpha value is -5.30. The van der Waals surface area contributed by atoms with Gasteiger partial charge in [-0.3, -0.25) is 10.1 Å². The van der Waals surface area contributed by atoms with Crippen molar-refractivity contribution in [3.05, 3.63) is 108 Å². The SMILES string of the molecule is CC(CO)(NCc1ccc(-n2ccc3c(-c4ccc5c(c4)OCCO5)cccc32)cc1OCc1cccc(C#N)c1)C(=O)O. The van der Waals surface area contributed by atoms with Gasteiger partial charge < -0.3 is 29.0 Å². The Labute approximate surface area is 254 Å². The highest BCUT2D eigenvalue weighted by Gasteiger charge is 2.32. The van der Waals surface area contributed by atoms with Crippen LogP contribution in [-0.2, 0) is 17.9 Å². The van der Waals surface area contributed by atoms with Gasteiger partial charge in [0, 0.05) is 35.4 Å². The number of fused-ring (bicyclic) bond motifs is 2. The van der Waals surface area contributed by atoms with Crippen molar-refractivity contribution in [2.75, 3.05) is 19.8 Å². The summed E-state index contributed by atoms with van der Waals surface area (Å²) in [5.74, 6) is 0.874. The number of aliphatic carboxylic acids is 1. The number of benzene rings is 4. The van der Waals surface area contributed by atoms with Crippen LogP contribution < -0.4 is 19.5 Å². The maximum Gasteiger partial charge on any atom is 0.326 e. The standard InChI is InChI=1S/C35H31N3O6/c1-35(22-39,34(40)41)37-20-26-8-10-27(18-32(26)44-21-24-5-2-4-23(16-24)19-36)38-13-12-29-28(6-3-7-30(29)38)25-9-11-31-33(17-25)43-15-14-42-31/h2-13,16-18,37,39H,14-15,20-22H2,1H3,(H,40,41). The zero-order valence-corrected chi connectivity index (χ0v) is 24.1. The first-order valence-electron chi connectivity index (χ1n) is 14.2. The number of nitrogens with one attached hydrogen (secondary N) is 1. The third kappa shape index (κ3) is 5.69. The van der Waals surface area contributed by atoms with Crippen LogP contribution in [-0.4, -0.2) is 46.1 Å². The zero-order chi connectivity index (χ0) is 30.7. The lowest BCUT2D eigenvalue weighted by atomic mass is 10.0. The van der Waals surface area contributed by atoms with Crippen LogP contribution in [0, 0.1) is 11.3 Å². The summed E-state index contributed by atoms with van der Waals surface area (Å²) >= 11 is 0. The molecule has 0 amide bonds. The maximum absolute atomic E-state index is 11.8. The summed E-state index contributed by atoms with van der Waals surface area (Å²) in [5.41, 5.74) is 4.50. The number of nitriles is 1. The number of aromatic nitrogens is 1. The van der Waals surface area contributed by atoms with E-state index in [1.54, 1.807) is 18.2 Å². The summed E-state index contributed by atoms with van der Waals surface area (Å²) < 4.78 is 19.9. The molecule has 9 heteroatoms. The van der Waals surface area contributed by atoms with E-state index < -0.39 is 18.1 Å². The average molecular weight is 590 g/mol. The third-order valence-corrected chi connectivity index (χ3v) is 7.82. The van der Waals surface area contributed by atoms with Crippen molar-refractivity contribution < 1.29 is 29.2 Å². The summed E-state index contributed by atoms with van der Waals surface area (Å²) in [6.45, 7) is 2.28. The fraction of sp³-hybridized carbons (Fsp3) is 0.200. The monoisotopic (exact) mass is 589 g/mol. The molecule has 1 aliphatic heterocycles. The first-order valence-corrected chi connectivity index (χ1v) is 14.2. The van der Waals surface area contributed by atoms with E-state index in [0.29, 0.717) is 24.5 Å². The second-order valence-corrected chi connectivity index (χ2v) is 10.8. The summed E-state index contributed by atoms with van der Waals surface area (Å²) in [4.78, 5) is 11.8. The van der Waals surface area contributed by atoms with E-state index in [1.165, 1.54) is 6.92 Å². The van der Waals surface area contributed by atoms with Crippen molar-refractivity contribution in [3.63, 3.8) is 0 Å². The number of aliphatic hydroxyl groups is 1. The van der Waals surface area contributed by atoms with Crippen molar-refractivity contribution in [2.45, 2.75) is 25.6 Å². The van der Waals surface area contributed by atoms with Crippen LogP contribution in [0.5, 0.6) is 17.2 Å². The lowest BCUT2D eigenvalue weighted by Crippen LogP contribution is -2.52. The molecular formula is C35H31N3O6. The van der Waals surface area contributed by atoms with Crippen LogP contribution in [0.15, 0.2) is 91.1 Å². The van der Waals surface area contributed by atoms with Gasteiger partial charge in [0.1, 0.15) is 31.1 Å². The highest BCUT2D eigenvalue weighted by molar-refractivity contribution is 5.96. The summed E-state index contributed by atoms with van der Waals surface area (Å²) in [6.07, 6.45) is 2.01. The molecule has 0 bridgehead atoms. The molecule has 0 spiro atoms. The minimum atomic E-state index is -1.52. The van der Waals surface area contributed by atoms with Gasteiger partial charge in [0.2, 0.25) is 0 Å². The Morgan fingerprint density at radius 1 is 1.02 bits per heavy atom. The molecule has 1 unspecified atom stereocenters. The van der Waals surface area contributed by atoms with Crippen molar-refractivity contribution in [3.8, 4) is 40.1 Å². The summed E-state index contributed by atoms with van der Waals surface area (Å²) in [7, 11) is 0. The topological polar surface area (TPSA) is 126 Å². The summed E-state index contributed by atoms with van der Waals surface area (Å²) in [5, 5.41) is 32.6. The van der Waals surface area contributed by atoms with Gasteiger partial charge in [0.05, 0.1) is 23.8 Å². The van der Waals surface area contributed by atoms with E-state index in [-0.39, 0.29) is 13.2 Å². The van der Waals surface area contributed by atoms with E-state index in [4.69, 9.17) is 14.2 Å². The normalized spacial score (nSPS) is 13.7. The minimum absolute atomic E-state index is 0.151. The van der Waals surface area contributed by atoms with Crippen LogP contribution >= 0.6 is 0 Å². The zero-order valence-electron chi connectivity index (χ0n) is 24.1. The molecule has 2 heterocycles. The van der Waals surface area contributed by atoms with Crippen LogP contribution in [0.4, 0.5) is 0 Å². The molecule has 9 nitrogen and oxygen atoms in total. The molecule has 3 N–H and O–H groups in total. The molecule has 5 aromatic rings. The number of carboxylic acid groups (broad SMARTS) is 1. The molecule has 1 atom stereocenters. The van der Waals surface area contributed by atoms with Crippen molar-refractivity contribution in [2.24, 2.45) is 0 Å². The number of rotatable bonds is 10. The summed E-state index contributed by atoms with van der Waals surface area (Å²) in [6, 6.07) is 29.3. The van der Waals surface area contributed by atoms with Crippen LogP contribution in [0.25, 0.3) is 27.7 Å². The Balaban J connectivity index is 1.35. The lowest BCUT2D eigenvalue weighted by Gasteiger charge is -2.24. The first-order chi connectivity index (χ1) is 21.4. The molecule has 0 radical (unpaired) electrons. The Morgan fingerprint density at radius 3 is 2.64 bits per heavy atom. The quantitative estimate of drug-likeness (QED) is 0.197. The molecule has 44 heavy (non-hydrogen) atoms. The fourth-order valence-corrected chi connectivity index (χ4v) is 5.21. The second-order valence-electron chi connectivity index (χ2n) is 10.8. The van der Waals surface area contributed by atoms with Gasteiger partial charge >= 0.3 is 5.97 Å². The predicted molar refractivity (Wildman–Crippen MR) is 165 cm³/mol. The number of aliphatic hydroxyl groups excluding tert-OH is 1. The van der Waals surface area contributed by atoms with Gasteiger partial charge in [-0.1, -0.05) is 36.4 Å². The highest BCUT2D eigenvalue weighted by Crippen LogP contribution is 2.38. The van der Waals surface area contributed by atoms with E-state index in [0.717, 1.165) is 50.3 Å². The molecule has 4 aromatic carbocycles. The predicted octanol–water partition coefficient (Wildman–Crippen LogP) is 5.44. The number of carbonyl (C=O) groups is 1. The molecule has 0 saturated carbocycles. The van der Waals surface area contributed by atoms with Gasteiger partial charge in [0.15, 0.2) is 11.5 Å². The lowest BCUT2D eigenvalue weighted by molar-refractivity contribution is -0.145. The van der Waals surface area contributed by atoms with Gasteiger partial charge in [-0.2, -0.15) is 5.26 Å². The Morgan fingerprint density at radius 2 is 1.84 bits per heavy atom. The Bertz CT molecular complexity index is 1890. The number of ether oxygens (including phenoxy) is 3. The molecule has 222 valence electrons. The molecule has 1 aliphatic rings. The second kappa shape index (κ2) is 12.1. The Kier molecular flexibility index (Phi) is 7.94. The van der Waals surface area contributed by atoms with Crippen molar-refractivity contribution in [1.82, 2.24) is 9.88 Å². The van der Waals surface area contributed by atoms with Gasteiger partial charge in [-0.15, -0.1) is 0 Å². The third-order valence-electron chi connectivity index (χ3n) is 7.82. The molecule has 0 fully saturated rings. The van der Waals surface area contributed by atoms with E-state index >= 15 is 0 Å². The largest absolute Gasteiger partial charge is 0.488 e. The fourth-order valence-electron chi connectivity index (χ4n) is 5.21. The van der Waals surface area contributed by atoms with Crippen molar-refractivity contribution >= 4 is 16.9 Å². The van der Waals surface area contributed by atoms with Crippen LogP contribution in [0.2, 0.25) is 0 Å². The number of hydrogen-bond acceptors (Lipinski definition) is 7. The van der Waals surface area contributed by atoms with E-state index in [9.17, 15) is 20.3 Å². The molecule has 1 aromatic heterocycles. The van der Waals surface area contributed by atoms with Crippen molar-refractivity contribution in [1.29, 1.82) is 5.26 Å². The number of hydrogen-bond donors (Lipinski definition) is 3. The number of nitrogens with zero attached hydrogens (tertiary/aromatic N) is 2. The minimum Gasteiger partial charge on any atom is -0.488 e. The van der Waals surface area contributed by atoms with E-state index in [2.05, 4.69) is 34.2 Å². The smallest absolute Gasteiger partial charge is 0.326 e. The first kappa shape index (κ1) is 28.8. The molecule has 0 aliphatic carbocycles. The van der Waals surface area contributed by atoms with Gasteiger partial charge in [-0.05, 0) is 66.1 Å². The van der Waals surface area contributed by atoms with Crippen LogP contribution in [0.3, 0.4) is 0 Å². The average Bonchev–Trinajstić information content (AvgIpc) is 3.50. The number of carboxylic acids is 1. The van der Waals surface area contributed by atoms with E-state index in [1.807, 2.05) is 54.7 Å². The molecule has 6 rings (SSSR count). The maximum atomic E-state index is 11.8.